The highest BCUT2D eigenvalue weighted by Gasteiger charge is 2.01. The first-order chi connectivity index (χ1) is 4.33. The van der Waals surface area contributed by atoms with Gasteiger partial charge in [0.25, 0.3) is 0 Å². The van der Waals surface area contributed by atoms with Crippen molar-refractivity contribution in [3.8, 4) is 0 Å². The van der Waals surface area contributed by atoms with Gasteiger partial charge in [-0.3, -0.25) is 0 Å². The van der Waals surface area contributed by atoms with Crippen LogP contribution in [-0.2, 0) is 0 Å². The Kier molecular flexibility index (Phi) is 2.01. The molecule has 0 spiro atoms. The fourth-order valence-corrected chi connectivity index (χ4v) is 0.838. The van der Waals surface area contributed by atoms with Crippen LogP contribution in [0.25, 0.3) is 0 Å². The fourth-order valence-electron chi connectivity index (χ4n) is 0.838. The van der Waals surface area contributed by atoms with Crippen molar-refractivity contribution in [3.05, 3.63) is 23.6 Å². The first kappa shape index (κ1) is 6.49. The molecule has 0 unspecified atom stereocenters. The van der Waals surface area contributed by atoms with Gasteiger partial charge in [0.2, 0.25) is 0 Å². The number of allylic oxidation sites excluding steroid dienone is 2. The maximum absolute atomic E-state index is 12.3. The number of aliphatic hydroxyl groups is 1. The highest BCUT2D eigenvalue weighted by Crippen LogP contribution is 2.16. The topological polar surface area (TPSA) is 20.2 Å². The quantitative estimate of drug-likeness (QED) is 0.568. The Morgan fingerprint density at radius 2 is 2.44 bits per heavy atom. The molecule has 1 nitrogen and oxygen atoms in total. The van der Waals surface area contributed by atoms with Crippen LogP contribution in [0.1, 0.15) is 12.8 Å². The van der Waals surface area contributed by atoms with Gasteiger partial charge in [-0.15, -0.1) is 0 Å². The lowest BCUT2D eigenvalue weighted by Gasteiger charge is -2.03. The van der Waals surface area contributed by atoms with E-state index in [2.05, 4.69) is 0 Å². The van der Waals surface area contributed by atoms with E-state index in [1.807, 2.05) is 6.08 Å². The van der Waals surface area contributed by atoms with Crippen molar-refractivity contribution in [2.24, 2.45) is 0 Å². The van der Waals surface area contributed by atoms with Crippen LogP contribution in [-0.4, -0.2) is 11.7 Å². The SMILES string of the molecule is OCC1=CCCC(F)=C1. The van der Waals surface area contributed by atoms with Crippen molar-refractivity contribution in [1.29, 1.82) is 0 Å². The summed E-state index contributed by atoms with van der Waals surface area (Å²) in [5.74, 6) is -0.124. The second-order valence-corrected chi connectivity index (χ2v) is 2.07. The predicted octanol–water partition coefficient (Wildman–Crippen LogP) is 1.55. The molecule has 0 aromatic rings. The van der Waals surface area contributed by atoms with Crippen molar-refractivity contribution in [2.45, 2.75) is 12.8 Å². The fraction of sp³-hybridized carbons (Fsp3) is 0.429. The molecule has 9 heavy (non-hydrogen) atoms. The molecule has 0 aliphatic heterocycles. The lowest BCUT2D eigenvalue weighted by Crippen LogP contribution is -1.92. The zero-order valence-corrected chi connectivity index (χ0v) is 5.10. The molecule has 0 amide bonds. The minimum atomic E-state index is -0.124. The first-order valence-electron chi connectivity index (χ1n) is 2.99. The van der Waals surface area contributed by atoms with Crippen molar-refractivity contribution < 1.29 is 9.50 Å². The van der Waals surface area contributed by atoms with Crippen LogP contribution in [0, 0.1) is 0 Å². The van der Waals surface area contributed by atoms with Crippen LogP contribution in [0.5, 0.6) is 0 Å². The van der Waals surface area contributed by atoms with E-state index in [4.69, 9.17) is 5.11 Å². The summed E-state index contributed by atoms with van der Waals surface area (Å²) in [7, 11) is 0. The van der Waals surface area contributed by atoms with E-state index < -0.39 is 0 Å². The highest BCUT2D eigenvalue weighted by molar-refractivity contribution is 5.24. The van der Waals surface area contributed by atoms with E-state index in [9.17, 15) is 4.39 Å². The molecule has 2 heteroatoms. The molecule has 0 saturated heterocycles. The molecule has 0 fully saturated rings. The predicted molar refractivity (Wildman–Crippen MR) is 33.6 cm³/mol. The second-order valence-electron chi connectivity index (χ2n) is 2.07. The van der Waals surface area contributed by atoms with Crippen LogP contribution in [0.3, 0.4) is 0 Å². The molecule has 0 aromatic carbocycles. The Balaban J connectivity index is 2.63. The van der Waals surface area contributed by atoms with Gasteiger partial charge in [-0.2, -0.15) is 0 Å². The summed E-state index contributed by atoms with van der Waals surface area (Å²) < 4.78 is 12.3. The number of halogens is 1. The average Bonchev–Trinajstić information content (AvgIpc) is 1.88. The van der Waals surface area contributed by atoms with E-state index in [0.29, 0.717) is 12.0 Å². The lowest BCUT2D eigenvalue weighted by atomic mass is 10.1. The summed E-state index contributed by atoms with van der Waals surface area (Å²) in [5.41, 5.74) is 0.693. The summed E-state index contributed by atoms with van der Waals surface area (Å²) in [6, 6.07) is 0. The third-order valence-corrected chi connectivity index (χ3v) is 1.31. The van der Waals surface area contributed by atoms with Gasteiger partial charge in [-0.25, -0.2) is 4.39 Å². The number of hydrogen-bond donors (Lipinski definition) is 1. The Morgan fingerprint density at radius 1 is 1.67 bits per heavy atom. The largest absolute Gasteiger partial charge is 0.392 e. The van der Waals surface area contributed by atoms with Gasteiger partial charge in [0.1, 0.15) is 5.83 Å². The Bertz CT molecular complexity index is 158. The van der Waals surface area contributed by atoms with Gasteiger partial charge in [0, 0.05) is 6.42 Å². The van der Waals surface area contributed by atoms with Crippen molar-refractivity contribution in [3.63, 3.8) is 0 Å². The Labute approximate surface area is 53.5 Å². The molecule has 0 radical (unpaired) electrons. The summed E-state index contributed by atoms with van der Waals surface area (Å²) in [4.78, 5) is 0. The van der Waals surface area contributed by atoms with E-state index in [-0.39, 0.29) is 12.4 Å². The highest BCUT2D eigenvalue weighted by atomic mass is 19.1. The summed E-state index contributed by atoms with van der Waals surface area (Å²) in [6.45, 7) is -0.0482. The van der Waals surface area contributed by atoms with Crippen molar-refractivity contribution in [2.75, 3.05) is 6.61 Å². The molecule has 0 heterocycles. The van der Waals surface area contributed by atoms with Gasteiger partial charge in [0.15, 0.2) is 0 Å². The number of rotatable bonds is 1. The van der Waals surface area contributed by atoms with E-state index in [1.54, 1.807) is 0 Å². The lowest BCUT2D eigenvalue weighted by molar-refractivity contribution is 0.333. The maximum atomic E-state index is 12.3. The standard InChI is InChI=1S/C7H9FO/c8-7-3-1-2-6(4-7)5-9/h2,4,9H,1,3,5H2. The number of hydrogen-bond acceptors (Lipinski definition) is 1. The summed E-state index contributed by atoms with van der Waals surface area (Å²) in [5, 5.41) is 8.53. The van der Waals surface area contributed by atoms with Gasteiger partial charge < -0.3 is 5.11 Å². The molecule has 50 valence electrons. The van der Waals surface area contributed by atoms with E-state index in [0.717, 1.165) is 6.42 Å². The monoisotopic (exact) mass is 128 g/mol. The molecule has 0 bridgehead atoms. The minimum Gasteiger partial charge on any atom is -0.392 e. The van der Waals surface area contributed by atoms with Gasteiger partial charge in [-0.1, -0.05) is 6.08 Å². The second kappa shape index (κ2) is 2.78. The molecule has 0 saturated carbocycles. The first-order valence-corrected chi connectivity index (χ1v) is 2.99. The number of aliphatic hydroxyl groups excluding tert-OH is 1. The zero-order chi connectivity index (χ0) is 6.69. The minimum absolute atomic E-state index is 0.0482. The average molecular weight is 128 g/mol. The van der Waals surface area contributed by atoms with Crippen molar-refractivity contribution >= 4 is 0 Å². The molecule has 1 aliphatic carbocycles. The molecule has 0 aromatic heterocycles. The van der Waals surface area contributed by atoms with Gasteiger partial charge >= 0.3 is 0 Å². The molecular weight excluding hydrogens is 119 g/mol. The third-order valence-electron chi connectivity index (χ3n) is 1.31. The van der Waals surface area contributed by atoms with Crippen LogP contribution < -0.4 is 0 Å². The van der Waals surface area contributed by atoms with E-state index in [1.165, 1.54) is 6.08 Å². The summed E-state index contributed by atoms with van der Waals surface area (Å²) >= 11 is 0. The summed E-state index contributed by atoms with van der Waals surface area (Å²) in [6.07, 6.45) is 4.45. The normalized spacial score (nSPS) is 18.9. The zero-order valence-electron chi connectivity index (χ0n) is 5.10. The molecular formula is C7H9FO. The van der Waals surface area contributed by atoms with Crippen LogP contribution in [0.4, 0.5) is 4.39 Å². The smallest absolute Gasteiger partial charge is 0.101 e. The Hall–Kier alpha value is -0.630. The Morgan fingerprint density at radius 3 is 2.89 bits per heavy atom. The van der Waals surface area contributed by atoms with E-state index >= 15 is 0 Å². The third kappa shape index (κ3) is 1.64. The van der Waals surface area contributed by atoms with Crippen LogP contribution in [0.15, 0.2) is 23.6 Å². The molecule has 1 rings (SSSR count). The van der Waals surface area contributed by atoms with Gasteiger partial charge in [0.05, 0.1) is 6.61 Å². The van der Waals surface area contributed by atoms with Gasteiger partial charge in [-0.05, 0) is 18.1 Å². The molecule has 1 aliphatic rings. The van der Waals surface area contributed by atoms with Crippen LogP contribution in [0.2, 0.25) is 0 Å². The van der Waals surface area contributed by atoms with Crippen molar-refractivity contribution in [1.82, 2.24) is 0 Å². The van der Waals surface area contributed by atoms with Crippen LogP contribution >= 0.6 is 0 Å². The maximum Gasteiger partial charge on any atom is 0.101 e. The molecule has 1 N–H and O–H groups in total. The molecule has 0 atom stereocenters.